The van der Waals surface area contributed by atoms with E-state index in [1.165, 1.54) is 12.1 Å². The molecule has 0 atom stereocenters. The van der Waals surface area contributed by atoms with Crippen LogP contribution >= 0.6 is 11.6 Å². The van der Waals surface area contributed by atoms with Gasteiger partial charge >= 0.3 is 0 Å². The van der Waals surface area contributed by atoms with Gasteiger partial charge in [0.25, 0.3) is 0 Å². The third-order valence-corrected chi connectivity index (χ3v) is 2.77. The molecule has 0 heterocycles. The molecule has 0 fully saturated rings. The first-order valence-electron chi connectivity index (χ1n) is 4.92. The SMILES string of the molecule is CC(C)c1cc(F)cc(C(C)C)c1Cl. The maximum Gasteiger partial charge on any atom is 0.123 e. The van der Waals surface area contributed by atoms with Crippen molar-refractivity contribution < 1.29 is 4.39 Å². The number of rotatable bonds is 2. The number of hydrogen-bond donors (Lipinski definition) is 0. The molecule has 0 amide bonds. The minimum Gasteiger partial charge on any atom is -0.207 e. The third kappa shape index (κ3) is 2.27. The van der Waals surface area contributed by atoms with Crippen LogP contribution in [-0.2, 0) is 0 Å². The Morgan fingerprint density at radius 3 is 1.64 bits per heavy atom. The monoisotopic (exact) mass is 214 g/mol. The molecule has 0 aliphatic rings. The van der Waals surface area contributed by atoms with Crippen molar-refractivity contribution in [1.29, 1.82) is 0 Å². The second-order valence-corrected chi connectivity index (χ2v) is 4.59. The van der Waals surface area contributed by atoms with Crippen molar-refractivity contribution in [2.45, 2.75) is 39.5 Å². The van der Waals surface area contributed by atoms with E-state index in [0.717, 1.165) is 16.1 Å². The van der Waals surface area contributed by atoms with Crippen LogP contribution in [0.4, 0.5) is 4.39 Å². The van der Waals surface area contributed by atoms with E-state index in [1.807, 2.05) is 27.7 Å². The van der Waals surface area contributed by atoms with Crippen molar-refractivity contribution >= 4 is 11.6 Å². The molecule has 0 aliphatic heterocycles. The molecule has 1 rings (SSSR count). The van der Waals surface area contributed by atoms with Crippen molar-refractivity contribution in [2.24, 2.45) is 0 Å². The summed E-state index contributed by atoms with van der Waals surface area (Å²) in [5.41, 5.74) is 1.80. The molecule has 0 saturated carbocycles. The molecule has 2 heteroatoms. The lowest BCUT2D eigenvalue weighted by atomic mass is 9.95. The summed E-state index contributed by atoms with van der Waals surface area (Å²) in [5, 5.41) is 0.719. The van der Waals surface area contributed by atoms with Gasteiger partial charge in [0, 0.05) is 5.02 Å². The molecule has 0 N–H and O–H groups in total. The van der Waals surface area contributed by atoms with E-state index >= 15 is 0 Å². The fourth-order valence-corrected chi connectivity index (χ4v) is 2.02. The Labute approximate surface area is 90.1 Å². The van der Waals surface area contributed by atoms with Crippen LogP contribution in [0.15, 0.2) is 12.1 Å². The molecule has 1 aromatic carbocycles. The Morgan fingerprint density at radius 2 is 1.36 bits per heavy atom. The highest BCUT2D eigenvalue weighted by atomic mass is 35.5. The van der Waals surface area contributed by atoms with Gasteiger partial charge in [0.05, 0.1) is 0 Å². The third-order valence-electron chi connectivity index (χ3n) is 2.34. The molecular formula is C12H16ClF. The lowest BCUT2D eigenvalue weighted by molar-refractivity contribution is 0.618. The van der Waals surface area contributed by atoms with Gasteiger partial charge < -0.3 is 0 Å². The highest BCUT2D eigenvalue weighted by molar-refractivity contribution is 6.32. The second kappa shape index (κ2) is 4.31. The summed E-state index contributed by atoms with van der Waals surface area (Å²) in [5.74, 6) is 0.327. The first-order chi connectivity index (χ1) is 6.43. The number of hydrogen-bond acceptors (Lipinski definition) is 0. The summed E-state index contributed by atoms with van der Waals surface area (Å²) < 4.78 is 13.3. The molecule has 0 aliphatic carbocycles. The summed E-state index contributed by atoms with van der Waals surface area (Å²) >= 11 is 6.20. The van der Waals surface area contributed by atoms with Crippen LogP contribution in [0.5, 0.6) is 0 Å². The lowest BCUT2D eigenvalue weighted by Crippen LogP contribution is -1.97. The molecule has 0 spiro atoms. The first kappa shape index (κ1) is 11.5. The molecule has 0 bridgehead atoms. The van der Waals surface area contributed by atoms with E-state index < -0.39 is 0 Å². The summed E-state index contributed by atoms with van der Waals surface area (Å²) in [6, 6.07) is 3.05. The Balaban J connectivity index is 3.32. The number of benzene rings is 1. The zero-order chi connectivity index (χ0) is 10.9. The predicted octanol–water partition coefficient (Wildman–Crippen LogP) is 4.73. The molecular weight excluding hydrogens is 199 g/mol. The Morgan fingerprint density at radius 1 is 1.00 bits per heavy atom. The minimum atomic E-state index is -0.193. The normalized spacial score (nSPS) is 11.4. The molecule has 0 unspecified atom stereocenters. The molecule has 78 valence electrons. The van der Waals surface area contributed by atoms with Crippen LogP contribution in [0.3, 0.4) is 0 Å². The van der Waals surface area contributed by atoms with Crippen molar-refractivity contribution in [2.75, 3.05) is 0 Å². The summed E-state index contributed by atoms with van der Waals surface area (Å²) in [7, 11) is 0. The summed E-state index contributed by atoms with van der Waals surface area (Å²) in [6.45, 7) is 8.07. The van der Waals surface area contributed by atoms with E-state index in [1.54, 1.807) is 0 Å². The Hall–Kier alpha value is -0.560. The Bertz CT molecular complexity index is 300. The van der Waals surface area contributed by atoms with Gasteiger partial charge in [-0.1, -0.05) is 39.3 Å². The first-order valence-corrected chi connectivity index (χ1v) is 5.30. The molecule has 0 radical (unpaired) electrons. The average Bonchev–Trinajstić information content (AvgIpc) is 2.07. The van der Waals surface area contributed by atoms with E-state index in [2.05, 4.69) is 0 Å². The molecule has 14 heavy (non-hydrogen) atoms. The van der Waals surface area contributed by atoms with Crippen molar-refractivity contribution in [3.05, 3.63) is 34.1 Å². The molecule has 1 aromatic rings. The van der Waals surface area contributed by atoms with Crippen LogP contribution in [0, 0.1) is 5.82 Å². The summed E-state index contributed by atoms with van der Waals surface area (Å²) in [6.07, 6.45) is 0. The minimum absolute atomic E-state index is 0.193. The van der Waals surface area contributed by atoms with Crippen LogP contribution < -0.4 is 0 Å². The highest BCUT2D eigenvalue weighted by Crippen LogP contribution is 2.32. The van der Waals surface area contributed by atoms with Gasteiger partial charge in [-0.25, -0.2) is 4.39 Å². The second-order valence-electron chi connectivity index (χ2n) is 4.21. The van der Waals surface area contributed by atoms with Gasteiger partial charge in [-0.15, -0.1) is 0 Å². The van der Waals surface area contributed by atoms with Gasteiger partial charge in [0.1, 0.15) is 5.82 Å². The van der Waals surface area contributed by atoms with Crippen molar-refractivity contribution in [1.82, 2.24) is 0 Å². The maximum atomic E-state index is 13.3. The fraction of sp³-hybridized carbons (Fsp3) is 0.500. The highest BCUT2D eigenvalue weighted by Gasteiger charge is 2.13. The average molecular weight is 215 g/mol. The van der Waals surface area contributed by atoms with E-state index in [-0.39, 0.29) is 17.7 Å². The number of halogens is 2. The quantitative estimate of drug-likeness (QED) is 0.668. The van der Waals surface area contributed by atoms with E-state index in [9.17, 15) is 4.39 Å². The Kier molecular flexibility index (Phi) is 3.54. The molecule has 0 nitrogen and oxygen atoms in total. The van der Waals surface area contributed by atoms with Gasteiger partial charge in [0.2, 0.25) is 0 Å². The standard InChI is InChI=1S/C12H16ClF/c1-7(2)10-5-9(14)6-11(8(3)4)12(10)13/h5-8H,1-4H3. The van der Waals surface area contributed by atoms with Crippen molar-refractivity contribution in [3.63, 3.8) is 0 Å². The summed E-state index contributed by atoms with van der Waals surface area (Å²) in [4.78, 5) is 0. The molecule has 0 aromatic heterocycles. The van der Waals surface area contributed by atoms with Crippen LogP contribution in [0.1, 0.15) is 50.7 Å². The largest absolute Gasteiger partial charge is 0.207 e. The fourth-order valence-electron chi connectivity index (χ4n) is 1.47. The maximum absolute atomic E-state index is 13.3. The molecule has 0 saturated heterocycles. The van der Waals surface area contributed by atoms with Gasteiger partial charge in [-0.05, 0) is 35.1 Å². The van der Waals surface area contributed by atoms with Crippen molar-refractivity contribution in [3.8, 4) is 0 Å². The predicted molar refractivity (Wildman–Crippen MR) is 59.6 cm³/mol. The lowest BCUT2D eigenvalue weighted by Gasteiger charge is -2.15. The van der Waals surface area contributed by atoms with E-state index in [4.69, 9.17) is 11.6 Å². The zero-order valence-corrected chi connectivity index (χ0v) is 9.82. The van der Waals surface area contributed by atoms with Crippen LogP contribution in [-0.4, -0.2) is 0 Å². The van der Waals surface area contributed by atoms with Gasteiger partial charge in [-0.2, -0.15) is 0 Å². The van der Waals surface area contributed by atoms with Gasteiger partial charge in [-0.3, -0.25) is 0 Å². The zero-order valence-electron chi connectivity index (χ0n) is 9.07. The van der Waals surface area contributed by atoms with Crippen LogP contribution in [0.2, 0.25) is 5.02 Å². The smallest absolute Gasteiger partial charge is 0.123 e. The van der Waals surface area contributed by atoms with Crippen LogP contribution in [0.25, 0.3) is 0 Å². The van der Waals surface area contributed by atoms with E-state index in [0.29, 0.717) is 0 Å². The topological polar surface area (TPSA) is 0 Å². The van der Waals surface area contributed by atoms with Gasteiger partial charge in [0.15, 0.2) is 0 Å².